The number of nitrogens with zero attached hydrogens (tertiary/aromatic N) is 1. The molecule has 1 saturated heterocycles. The summed E-state index contributed by atoms with van der Waals surface area (Å²) < 4.78 is 20.3. The Labute approximate surface area is 225 Å². The predicted octanol–water partition coefficient (Wildman–Crippen LogP) is 4.68. The van der Waals surface area contributed by atoms with E-state index in [0.29, 0.717) is 36.2 Å². The van der Waals surface area contributed by atoms with Crippen molar-refractivity contribution in [2.75, 3.05) is 18.0 Å². The van der Waals surface area contributed by atoms with E-state index in [0.717, 1.165) is 22.0 Å². The molecule has 9 heteroatoms. The van der Waals surface area contributed by atoms with E-state index in [1.165, 1.54) is 17.9 Å². The molecular weight excluding hydrogens is 499 g/mol. The van der Waals surface area contributed by atoms with Gasteiger partial charge in [0.2, 0.25) is 11.8 Å². The molecule has 0 aliphatic carbocycles. The number of hydrogen-bond acceptors (Lipinski definition) is 4. The van der Waals surface area contributed by atoms with Crippen molar-refractivity contribution < 1.29 is 23.5 Å². The number of halogens is 1. The second-order valence-corrected chi connectivity index (χ2v) is 9.55. The van der Waals surface area contributed by atoms with E-state index >= 15 is 4.39 Å². The molecule has 1 fully saturated rings. The van der Waals surface area contributed by atoms with Crippen LogP contribution in [0.3, 0.4) is 0 Å². The van der Waals surface area contributed by atoms with E-state index in [4.69, 9.17) is 4.74 Å². The SMILES string of the molecule is CC(=O)NCC1CN(c2ccc(-c3ccc(CNC(=O)CCc4c[nH]c5ccccc45)cc3)c(F)c2)C(=O)O1. The van der Waals surface area contributed by atoms with Gasteiger partial charge in [-0.15, -0.1) is 0 Å². The molecule has 3 N–H and O–H groups in total. The fourth-order valence-corrected chi connectivity index (χ4v) is 4.68. The number of H-pyrrole nitrogens is 1. The Bertz CT molecular complexity index is 1520. The molecule has 2 heterocycles. The fraction of sp³-hybridized carbons (Fsp3) is 0.233. The minimum Gasteiger partial charge on any atom is -0.442 e. The van der Waals surface area contributed by atoms with Gasteiger partial charge < -0.3 is 20.4 Å². The van der Waals surface area contributed by atoms with Crippen LogP contribution >= 0.6 is 0 Å². The predicted molar refractivity (Wildman–Crippen MR) is 147 cm³/mol. The lowest BCUT2D eigenvalue weighted by atomic mass is 10.0. The van der Waals surface area contributed by atoms with Crippen LogP contribution in [0.2, 0.25) is 0 Å². The number of ether oxygens (including phenoxy) is 1. The highest BCUT2D eigenvalue weighted by molar-refractivity contribution is 5.90. The van der Waals surface area contributed by atoms with Gasteiger partial charge in [-0.2, -0.15) is 0 Å². The van der Waals surface area contributed by atoms with Crippen LogP contribution in [-0.2, 0) is 27.3 Å². The molecule has 1 atom stereocenters. The molecule has 1 unspecified atom stereocenters. The molecule has 1 aliphatic heterocycles. The summed E-state index contributed by atoms with van der Waals surface area (Å²) in [6.07, 6.45) is 1.91. The van der Waals surface area contributed by atoms with Crippen molar-refractivity contribution in [3.63, 3.8) is 0 Å². The molecule has 0 radical (unpaired) electrons. The fourth-order valence-electron chi connectivity index (χ4n) is 4.68. The summed E-state index contributed by atoms with van der Waals surface area (Å²) in [7, 11) is 0. The monoisotopic (exact) mass is 528 g/mol. The molecule has 5 rings (SSSR count). The van der Waals surface area contributed by atoms with Crippen molar-refractivity contribution in [1.82, 2.24) is 15.6 Å². The van der Waals surface area contributed by atoms with Crippen molar-refractivity contribution in [2.45, 2.75) is 32.4 Å². The normalized spacial score (nSPS) is 14.9. The van der Waals surface area contributed by atoms with Gasteiger partial charge in [-0.05, 0) is 47.4 Å². The van der Waals surface area contributed by atoms with Crippen LogP contribution in [0.1, 0.15) is 24.5 Å². The molecule has 1 aromatic heterocycles. The van der Waals surface area contributed by atoms with Crippen molar-refractivity contribution in [1.29, 1.82) is 0 Å². The Balaban J connectivity index is 1.15. The third-order valence-electron chi connectivity index (χ3n) is 6.77. The van der Waals surface area contributed by atoms with Crippen molar-refractivity contribution in [2.24, 2.45) is 0 Å². The van der Waals surface area contributed by atoms with E-state index in [2.05, 4.69) is 15.6 Å². The number of cyclic esters (lactones) is 1. The topological polar surface area (TPSA) is 104 Å². The highest BCUT2D eigenvalue weighted by Gasteiger charge is 2.32. The number of amides is 3. The third-order valence-corrected chi connectivity index (χ3v) is 6.77. The molecule has 4 aromatic rings. The number of anilines is 1. The van der Waals surface area contributed by atoms with Crippen LogP contribution in [-0.4, -0.2) is 42.1 Å². The highest BCUT2D eigenvalue weighted by Crippen LogP contribution is 2.29. The lowest BCUT2D eigenvalue weighted by Gasteiger charge is -2.15. The zero-order chi connectivity index (χ0) is 27.4. The molecule has 0 saturated carbocycles. The maximum absolute atomic E-state index is 15.0. The molecule has 8 nitrogen and oxygen atoms in total. The summed E-state index contributed by atoms with van der Waals surface area (Å²) in [5, 5.41) is 6.70. The average molecular weight is 529 g/mol. The first kappa shape index (κ1) is 26.0. The van der Waals surface area contributed by atoms with Gasteiger partial charge in [0, 0.05) is 42.6 Å². The highest BCUT2D eigenvalue weighted by atomic mass is 19.1. The lowest BCUT2D eigenvalue weighted by Crippen LogP contribution is -2.33. The zero-order valence-electron chi connectivity index (χ0n) is 21.5. The average Bonchev–Trinajstić information content (AvgIpc) is 3.53. The van der Waals surface area contributed by atoms with Gasteiger partial charge in [0.15, 0.2) is 0 Å². The smallest absolute Gasteiger partial charge is 0.414 e. The summed E-state index contributed by atoms with van der Waals surface area (Å²) in [6, 6.07) is 19.9. The Morgan fingerprint density at radius 3 is 2.64 bits per heavy atom. The number of benzene rings is 3. The quantitative estimate of drug-likeness (QED) is 0.293. The Kier molecular flexibility index (Phi) is 7.58. The summed E-state index contributed by atoms with van der Waals surface area (Å²) in [5.74, 6) is -0.718. The first-order chi connectivity index (χ1) is 18.9. The van der Waals surface area contributed by atoms with Gasteiger partial charge in [0.1, 0.15) is 11.9 Å². The molecule has 200 valence electrons. The van der Waals surface area contributed by atoms with Crippen molar-refractivity contribution in [3.8, 4) is 11.1 Å². The molecule has 0 spiro atoms. The molecule has 3 aromatic carbocycles. The number of aromatic amines is 1. The summed E-state index contributed by atoms with van der Waals surface area (Å²) in [6.45, 7) is 2.19. The third kappa shape index (κ3) is 6.09. The van der Waals surface area contributed by atoms with E-state index in [9.17, 15) is 14.4 Å². The number of hydrogen-bond donors (Lipinski definition) is 3. The maximum atomic E-state index is 15.0. The van der Waals surface area contributed by atoms with Gasteiger partial charge in [0.05, 0.1) is 18.8 Å². The molecule has 3 amide bonds. The standard InChI is InChI=1S/C30H29FN4O4/c1-19(36)32-17-24-18-35(30(38)39-24)23-11-12-25(27(31)14-23)21-8-6-20(7-9-21)15-34-29(37)13-10-22-16-33-28-5-3-2-4-26(22)28/h2-9,11-12,14,16,24,33H,10,13,15,17-18H2,1H3,(H,32,36)(H,34,37). The summed E-state index contributed by atoms with van der Waals surface area (Å²) in [5.41, 5.74) is 4.55. The van der Waals surface area contributed by atoms with Crippen molar-refractivity contribution >= 4 is 34.5 Å². The van der Waals surface area contributed by atoms with Gasteiger partial charge >= 0.3 is 6.09 Å². The van der Waals surface area contributed by atoms with Gasteiger partial charge in [-0.3, -0.25) is 14.5 Å². The van der Waals surface area contributed by atoms with Gasteiger partial charge in [-0.1, -0.05) is 42.5 Å². The van der Waals surface area contributed by atoms with E-state index in [1.54, 1.807) is 24.3 Å². The Morgan fingerprint density at radius 2 is 1.87 bits per heavy atom. The maximum Gasteiger partial charge on any atom is 0.414 e. The number of fused-ring (bicyclic) bond motifs is 1. The first-order valence-electron chi connectivity index (χ1n) is 12.8. The summed E-state index contributed by atoms with van der Waals surface area (Å²) in [4.78, 5) is 40.3. The largest absolute Gasteiger partial charge is 0.442 e. The molecule has 1 aliphatic rings. The minimum atomic E-state index is -0.578. The number of rotatable bonds is 9. The number of para-hydroxylation sites is 1. The number of aryl methyl sites for hydroxylation is 1. The molecule has 39 heavy (non-hydrogen) atoms. The Morgan fingerprint density at radius 1 is 1.08 bits per heavy atom. The molecular formula is C30H29FN4O4. The van der Waals surface area contributed by atoms with Crippen LogP contribution in [0.25, 0.3) is 22.0 Å². The van der Waals surface area contributed by atoms with E-state index in [1.807, 2.05) is 42.6 Å². The van der Waals surface area contributed by atoms with Gasteiger partial charge in [0.25, 0.3) is 0 Å². The minimum absolute atomic E-state index is 0.0363. The second kappa shape index (κ2) is 11.4. The Hall–Kier alpha value is -4.66. The van der Waals surface area contributed by atoms with Gasteiger partial charge in [-0.25, -0.2) is 9.18 Å². The van der Waals surface area contributed by atoms with E-state index < -0.39 is 18.0 Å². The van der Waals surface area contributed by atoms with Crippen LogP contribution in [0.5, 0.6) is 0 Å². The number of nitrogens with one attached hydrogen (secondary N) is 3. The lowest BCUT2D eigenvalue weighted by molar-refractivity contribution is -0.121. The van der Waals surface area contributed by atoms with Crippen LogP contribution in [0.15, 0.2) is 72.9 Å². The number of aromatic nitrogens is 1. The number of carbonyl (C=O) groups excluding carboxylic acids is 3. The number of carbonyl (C=O) groups is 3. The summed E-state index contributed by atoms with van der Waals surface area (Å²) >= 11 is 0. The van der Waals surface area contributed by atoms with E-state index in [-0.39, 0.29) is 24.9 Å². The van der Waals surface area contributed by atoms with Crippen LogP contribution in [0.4, 0.5) is 14.9 Å². The second-order valence-electron chi connectivity index (χ2n) is 9.55. The van der Waals surface area contributed by atoms with Crippen LogP contribution < -0.4 is 15.5 Å². The molecule has 0 bridgehead atoms. The first-order valence-corrected chi connectivity index (χ1v) is 12.8. The van der Waals surface area contributed by atoms with Crippen LogP contribution in [0, 0.1) is 5.82 Å². The zero-order valence-corrected chi connectivity index (χ0v) is 21.5. The van der Waals surface area contributed by atoms with Crippen molar-refractivity contribution in [3.05, 3.63) is 89.9 Å².